The first-order chi connectivity index (χ1) is 21.8. The van der Waals surface area contributed by atoms with Gasteiger partial charge in [0.05, 0.1) is 12.5 Å². The number of unbranched alkanes of at least 4 members (excludes halogenated alkanes) is 24. The molecule has 0 saturated carbocycles. The number of hydrogen-bond donors (Lipinski definition) is 3. The first kappa shape index (κ1) is 44.4. The summed E-state index contributed by atoms with van der Waals surface area (Å²) in [6.45, 7) is 3.77. The third-order valence-electron chi connectivity index (χ3n) is 9.31. The number of rotatable bonds is 35. The zero-order valence-corrected chi connectivity index (χ0v) is 30.9. The number of ketones is 2. The van der Waals surface area contributed by atoms with Crippen molar-refractivity contribution < 1.29 is 24.9 Å². The zero-order valence-electron chi connectivity index (χ0n) is 29.8. The lowest BCUT2D eigenvalue weighted by Gasteiger charge is -2.29. The highest BCUT2D eigenvalue weighted by atomic mass is 31.0. The number of aliphatic hydroxyl groups excluding tert-OH is 2. The summed E-state index contributed by atoms with van der Waals surface area (Å²) < 4.78 is 0. The highest BCUT2D eigenvalue weighted by Crippen LogP contribution is 2.29. The summed E-state index contributed by atoms with van der Waals surface area (Å²) in [5, 5.41) is 27.8. The van der Waals surface area contributed by atoms with E-state index >= 15 is 0 Å². The van der Waals surface area contributed by atoms with E-state index in [0.717, 1.165) is 57.8 Å². The van der Waals surface area contributed by atoms with Crippen LogP contribution in [0.15, 0.2) is 12.2 Å². The van der Waals surface area contributed by atoms with Crippen molar-refractivity contribution in [3.05, 3.63) is 12.2 Å². The Morgan fingerprint density at radius 3 is 1.36 bits per heavy atom. The van der Waals surface area contributed by atoms with Crippen molar-refractivity contribution in [3.8, 4) is 0 Å². The topological polar surface area (TPSA) is 94.8 Å². The van der Waals surface area contributed by atoms with E-state index in [1.807, 2.05) is 9.24 Å². The Labute approximate surface area is 281 Å². The number of aliphatic hydroxyl groups is 3. The maximum atomic E-state index is 13.2. The first-order valence-electron chi connectivity index (χ1n) is 19.3. The lowest BCUT2D eigenvalue weighted by atomic mass is 9.85. The van der Waals surface area contributed by atoms with E-state index in [-0.39, 0.29) is 5.78 Å². The molecule has 0 aromatic heterocycles. The van der Waals surface area contributed by atoms with Gasteiger partial charge in [0.25, 0.3) is 0 Å². The molecule has 0 spiro atoms. The van der Waals surface area contributed by atoms with E-state index in [4.69, 9.17) is 0 Å². The van der Waals surface area contributed by atoms with Crippen molar-refractivity contribution in [2.75, 3.05) is 6.61 Å². The Kier molecular flexibility index (Phi) is 31.5. The van der Waals surface area contributed by atoms with Gasteiger partial charge in [-0.2, -0.15) is 0 Å². The molecule has 0 rings (SSSR count). The molecule has 5 nitrogen and oxygen atoms in total. The molecule has 0 aliphatic carbocycles. The molecule has 0 saturated heterocycles. The number of carbonyl (C=O) groups excluding carboxylic acids is 2. The van der Waals surface area contributed by atoms with Crippen molar-refractivity contribution in [1.29, 1.82) is 0 Å². The summed E-state index contributed by atoms with van der Waals surface area (Å²) in [7, 11) is 1.97. The quantitative estimate of drug-likeness (QED) is 0.0274. The van der Waals surface area contributed by atoms with Gasteiger partial charge in [0, 0.05) is 6.42 Å². The summed E-state index contributed by atoms with van der Waals surface area (Å²) in [6, 6.07) is 0. The Balaban J connectivity index is 4.25. The second kappa shape index (κ2) is 32.0. The molecule has 6 heteroatoms. The molecule has 0 aromatic rings. The third kappa shape index (κ3) is 25.1. The fourth-order valence-corrected chi connectivity index (χ4v) is 6.41. The summed E-state index contributed by atoms with van der Waals surface area (Å²) in [5.41, 5.74) is 0. The van der Waals surface area contributed by atoms with Crippen molar-refractivity contribution in [2.45, 2.75) is 211 Å². The number of Topliss-reactive ketones (excluding diaryl/α,β-unsaturated/α-hetero) is 2. The fourth-order valence-electron chi connectivity index (χ4n) is 6.11. The zero-order chi connectivity index (χ0) is 33.4. The van der Waals surface area contributed by atoms with Gasteiger partial charge in [0.1, 0.15) is 11.9 Å². The van der Waals surface area contributed by atoms with E-state index in [1.165, 1.54) is 116 Å². The minimum atomic E-state index is -2.20. The smallest absolute Gasteiger partial charge is 0.181 e. The molecule has 0 aliphatic heterocycles. The maximum absolute atomic E-state index is 13.2. The molecular weight excluding hydrogens is 579 g/mol. The summed E-state index contributed by atoms with van der Waals surface area (Å²) in [4.78, 5) is 26.3. The number of allylic oxidation sites excluding steroid dienone is 2. The minimum absolute atomic E-state index is 0.140. The molecule has 4 atom stereocenters. The van der Waals surface area contributed by atoms with Gasteiger partial charge in [-0.05, 0) is 38.5 Å². The van der Waals surface area contributed by atoms with E-state index in [0.29, 0.717) is 12.8 Å². The first-order valence-corrected chi connectivity index (χ1v) is 19.9. The molecule has 0 bridgehead atoms. The van der Waals surface area contributed by atoms with Crippen LogP contribution >= 0.6 is 9.24 Å². The van der Waals surface area contributed by atoms with Crippen LogP contribution in [0.5, 0.6) is 0 Å². The molecule has 0 aliphatic rings. The van der Waals surface area contributed by atoms with Crippen molar-refractivity contribution in [2.24, 2.45) is 5.92 Å². The molecule has 3 N–H and O–H groups in total. The predicted molar refractivity (Wildman–Crippen MR) is 196 cm³/mol. The predicted octanol–water partition coefficient (Wildman–Crippen LogP) is 10.6. The summed E-state index contributed by atoms with van der Waals surface area (Å²) >= 11 is 0. The lowest BCUT2D eigenvalue weighted by Crippen LogP contribution is -2.50. The Morgan fingerprint density at radius 1 is 0.600 bits per heavy atom. The average Bonchev–Trinajstić information content (AvgIpc) is 3.03. The van der Waals surface area contributed by atoms with Crippen molar-refractivity contribution in [3.63, 3.8) is 0 Å². The molecule has 0 radical (unpaired) electrons. The largest absolute Gasteiger partial charge is 0.394 e. The van der Waals surface area contributed by atoms with Gasteiger partial charge in [0.2, 0.25) is 0 Å². The molecule has 266 valence electrons. The molecule has 0 heterocycles. The van der Waals surface area contributed by atoms with Gasteiger partial charge in [-0.1, -0.05) is 176 Å². The van der Waals surface area contributed by atoms with Crippen LogP contribution in [0.25, 0.3) is 0 Å². The van der Waals surface area contributed by atoms with Crippen LogP contribution in [0.1, 0.15) is 200 Å². The van der Waals surface area contributed by atoms with Gasteiger partial charge in [0.15, 0.2) is 11.1 Å². The van der Waals surface area contributed by atoms with Crippen LogP contribution in [0.4, 0.5) is 0 Å². The van der Waals surface area contributed by atoms with Crippen LogP contribution in [0.2, 0.25) is 0 Å². The summed E-state index contributed by atoms with van der Waals surface area (Å²) in [5.74, 6) is -1.76. The Morgan fingerprint density at radius 2 is 0.956 bits per heavy atom. The molecular formula is C39H75O5P. The molecule has 0 aromatic carbocycles. The van der Waals surface area contributed by atoms with Gasteiger partial charge >= 0.3 is 0 Å². The third-order valence-corrected chi connectivity index (χ3v) is 9.98. The van der Waals surface area contributed by atoms with Gasteiger partial charge in [-0.15, -0.1) is 0 Å². The Bertz CT molecular complexity index is 708. The molecule has 0 fully saturated rings. The lowest BCUT2D eigenvalue weighted by molar-refractivity contribution is -0.147. The van der Waals surface area contributed by atoms with Crippen LogP contribution in [-0.2, 0) is 9.59 Å². The molecule has 0 amide bonds. The monoisotopic (exact) mass is 655 g/mol. The maximum Gasteiger partial charge on any atom is 0.181 e. The van der Waals surface area contributed by atoms with Gasteiger partial charge in [-0.3, -0.25) is 9.59 Å². The highest BCUT2D eigenvalue weighted by molar-refractivity contribution is 7.20. The second-order valence-corrected chi connectivity index (χ2v) is 14.5. The normalized spacial score (nSPS) is 14.5. The minimum Gasteiger partial charge on any atom is -0.394 e. The fraction of sp³-hybridized carbons (Fsp3) is 0.897. The van der Waals surface area contributed by atoms with Crippen LogP contribution in [0, 0.1) is 5.92 Å². The highest BCUT2D eigenvalue weighted by Gasteiger charge is 2.43. The average molecular weight is 655 g/mol. The SMILES string of the molecule is CCCCCCCC/C=C\CCCCCCC(C(=O)CCCCCCCCCCCCCCCCC)C(=O)C(O)(P)C(O)CO. The second-order valence-electron chi connectivity index (χ2n) is 13.6. The van der Waals surface area contributed by atoms with Crippen LogP contribution in [0.3, 0.4) is 0 Å². The summed E-state index contributed by atoms with van der Waals surface area (Å²) in [6.07, 6.45) is 36.5. The number of hydrogen-bond acceptors (Lipinski definition) is 5. The van der Waals surface area contributed by atoms with Gasteiger partial charge in [-0.25, -0.2) is 0 Å². The standard InChI is InChI=1S/C39H75O5P/c1-3-5-7-9-11-13-15-17-19-21-23-25-27-29-31-33-36(41)35(38(43)39(44,45)37(42)34-40)32-30-28-26-24-22-20-18-16-14-12-10-8-6-4-2/h18,20,35,37,40,42,44H,3-17,19,21-34,45H2,1-2H3/b20-18-. The van der Waals surface area contributed by atoms with E-state index in [9.17, 15) is 24.9 Å². The van der Waals surface area contributed by atoms with Gasteiger partial charge < -0.3 is 15.3 Å². The van der Waals surface area contributed by atoms with Crippen molar-refractivity contribution >= 4 is 20.8 Å². The van der Waals surface area contributed by atoms with Crippen LogP contribution < -0.4 is 0 Å². The van der Waals surface area contributed by atoms with E-state index < -0.39 is 29.8 Å². The van der Waals surface area contributed by atoms with Crippen LogP contribution in [-0.4, -0.2) is 44.9 Å². The number of carbonyl (C=O) groups is 2. The van der Waals surface area contributed by atoms with E-state index in [2.05, 4.69) is 26.0 Å². The Hall–Kier alpha value is -0.610. The van der Waals surface area contributed by atoms with E-state index in [1.54, 1.807) is 0 Å². The molecule has 45 heavy (non-hydrogen) atoms. The van der Waals surface area contributed by atoms with Crippen molar-refractivity contribution in [1.82, 2.24) is 0 Å². The molecule has 4 unspecified atom stereocenters.